The summed E-state index contributed by atoms with van der Waals surface area (Å²) in [5.74, 6) is 0.727. The number of halogens is 1. The maximum atomic E-state index is 8.91. The van der Waals surface area contributed by atoms with Gasteiger partial charge in [0.1, 0.15) is 6.07 Å². The summed E-state index contributed by atoms with van der Waals surface area (Å²) < 4.78 is 39.7. The van der Waals surface area contributed by atoms with Crippen LogP contribution in [-0.4, -0.2) is 25.6 Å². The van der Waals surface area contributed by atoms with Crippen molar-refractivity contribution in [2.24, 2.45) is 0 Å². The molecule has 0 radical (unpaired) electrons. The van der Waals surface area contributed by atoms with Crippen LogP contribution < -0.4 is 18.6 Å². The van der Waals surface area contributed by atoms with E-state index in [2.05, 4.69) is 6.07 Å². The molecule has 0 aromatic carbocycles. The first-order valence-electron chi connectivity index (χ1n) is 4.41. The largest absolute Gasteiger partial charge is 0.462 e. The van der Waals surface area contributed by atoms with Crippen molar-refractivity contribution in [3.05, 3.63) is 24.2 Å². The Kier molecular flexibility index (Phi) is 5.57. The number of nitrogens with zero attached hydrogens (tertiary/aromatic N) is 2. The maximum Gasteiger partial charge on any atom is 0.234 e. The van der Waals surface area contributed by atoms with Crippen molar-refractivity contribution in [1.82, 2.24) is 0 Å². The van der Waals surface area contributed by atoms with Gasteiger partial charge < -0.3 is 8.90 Å². The Morgan fingerprint density at radius 1 is 1.29 bits per heavy atom. The zero-order chi connectivity index (χ0) is 13.7. The molecule has 1 rings (SSSR count). The summed E-state index contributed by atoms with van der Waals surface area (Å²) in [6.07, 6.45) is 1.59. The summed E-state index contributed by atoms with van der Waals surface area (Å²) in [7, 11) is 0.962. The van der Waals surface area contributed by atoms with Gasteiger partial charge in [-0.3, -0.25) is 0 Å². The third-order valence-electron chi connectivity index (χ3n) is 1.71. The van der Waals surface area contributed by atoms with Crippen molar-refractivity contribution in [1.29, 1.82) is 5.26 Å². The highest BCUT2D eigenvalue weighted by Gasteiger charge is 2.27. The molecule has 7 nitrogen and oxygen atoms in total. The number of nitriles is 1. The molecule has 0 saturated carbocycles. The molecule has 0 bridgehead atoms. The van der Waals surface area contributed by atoms with Crippen LogP contribution in [0.25, 0.3) is 0 Å². The lowest BCUT2D eigenvalue weighted by molar-refractivity contribution is -2.00. The van der Waals surface area contributed by atoms with Crippen molar-refractivity contribution in [2.45, 2.75) is 6.04 Å². The molecule has 0 fully saturated rings. The Bertz CT molecular complexity index is 354. The first-order valence-corrected chi connectivity index (χ1v) is 5.65. The summed E-state index contributed by atoms with van der Waals surface area (Å²) in [5, 5.41) is 8.91. The lowest BCUT2D eigenvalue weighted by Gasteiger charge is -2.27. The fourth-order valence-corrected chi connectivity index (χ4v) is 1.07. The van der Waals surface area contributed by atoms with Crippen LogP contribution in [0.3, 0.4) is 0 Å². The second-order valence-electron chi connectivity index (χ2n) is 4.04. The van der Waals surface area contributed by atoms with Gasteiger partial charge in [-0.15, -0.1) is 10.2 Å². The third kappa shape index (κ3) is 7.70. The molecule has 1 heterocycles. The fourth-order valence-electron chi connectivity index (χ4n) is 1.07. The lowest BCUT2D eigenvalue weighted by atomic mass is 10.2. The molecule has 96 valence electrons. The van der Waals surface area contributed by atoms with Crippen LogP contribution in [-0.2, 0) is 0 Å². The number of furan rings is 1. The topological polar surface area (TPSA) is 129 Å². The van der Waals surface area contributed by atoms with Crippen molar-refractivity contribution in [2.75, 3.05) is 21.1 Å². The van der Waals surface area contributed by atoms with E-state index in [1.807, 2.05) is 27.2 Å². The summed E-state index contributed by atoms with van der Waals surface area (Å²) >= 11 is 0. The molecule has 1 unspecified atom stereocenters. The van der Waals surface area contributed by atoms with Gasteiger partial charge in [0.15, 0.2) is 5.76 Å². The van der Waals surface area contributed by atoms with E-state index in [0.29, 0.717) is 4.48 Å². The van der Waals surface area contributed by atoms with Gasteiger partial charge in [0.25, 0.3) is 0 Å². The van der Waals surface area contributed by atoms with E-state index in [9.17, 15) is 0 Å². The maximum absolute atomic E-state index is 8.91. The molecule has 0 aliphatic heterocycles. The van der Waals surface area contributed by atoms with E-state index in [-0.39, 0.29) is 6.04 Å². The fraction of sp³-hybridized carbons (Fsp3) is 0.444. The molecule has 8 heteroatoms. The van der Waals surface area contributed by atoms with Crippen molar-refractivity contribution >= 4 is 0 Å². The Hall–Kier alpha value is -1.14. The van der Waals surface area contributed by atoms with E-state index in [0.717, 1.165) is 5.76 Å². The van der Waals surface area contributed by atoms with Gasteiger partial charge in [-0.05, 0) is 12.1 Å². The quantitative estimate of drug-likeness (QED) is 0.517. The molecule has 0 N–H and O–H groups in total. The minimum atomic E-state index is -4.94. The summed E-state index contributed by atoms with van der Waals surface area (Å²) in [4.78, 5) is 0. The predicted octanol–water partition coefficient (Wildman–Crippen LogP) is -3.21. The molecule has 0 spiro atoms. The third-order valence-corrected chi connectivity index (χ3v) is 1.71. The van der Waals surface area contributed by atoms with E-state index in [1.165, 1.54) is 0 Å². The van der Waals surface area contributed by atoms with Gasteiger partial charge in [0.05, 0.1) is 27.4 Å². The average Bonchev–Trinajstić information content (AvgIpc) is 2.51. The first-order chi connectivity index (χ1) is 7.55. The highest BCUT2D eigenvalue weighted by molar-refractivity contribution is 5.09. The molecule has 1 aromatic heterocycles. The monoisotopic (exact) mass is 264 g/mol. The number of hydrogen-bond donors (Lipinski definition) is 0. The molecule has 0 amide bonds. The van der Waals surface area contributed by atoms with Crippen molar-refractivity contribution in [3.8, 4) is 6.07 Å². The Morgan fingerprint density at radius 3 is 2.00 bits per heavy atom. The Balaban J connectivity index is 0.000000437. The average molecular weight is 265 g/mol. The first kappa shape index (κ1) is 15.9. The Labute approximate surface area is 101 Å². The van der Waals surface area contributed by atoms with Crippen molar-refractivity contribution in [3.63, 3.8) is 0 Å². The van der Waals surface area contributed by atoms with Crippen LogP contribution in [0.4, 0.5) is 0 Å². The van der Waals surface area contributed by atoms with Crippen LogP contribution in [0.5, 0.6) is 0 Å². The summed E-state index contributed by atoms with van der Waals surface area (Å²) in [6.45, 7) is 0. The zero-order valence-corrected chi connectivity index (χ0v) is 10.4. The molecular formula is C9H13ClN2O5. The second-order valence-corrected chi connectivity index (χ2v) is 4.80. The van der Waals surface area contributed by atoms with E-state index in [4.69, 9.17) is 28.3 Å². The van der Waals surface area contributed by atoms with Gasteiger partial charge in [0.2, 0.25) is 6.04 Å². The lowest BCUT2D eigenvalue weighted by Crippen LogP contribution is -2.68. The molecule has 1 aromatic rings. The molecule has 1 atom stereocenters. The predicted molar refractivity (Wildman–Crippen MR) is 45.1 cm³/mol. The summed E-state index contributed by atoms with van der Waals surface area (Å²) in [6, 6.07) is 5.63. The van der Waals surface area contributed by atoms with Crippen LogP contribution in [0, 0.1) is 21.6 Å². The summed E-state index contributed by atoms with van der Waals surface area (Å²) in [5.41, 5.74) is 0. The van der Waals surface area contributed by atoms with Crippen LogP contribution >= 0.6 is 0 Å². The molecular weight excluding hydrogens is 252 g/mol. The molecule has 0 aliphatic rings. The Morgan fingerprint density at radius 2 is 1.76 bits per heavy atom. The van der Waals surface area contributed by atoms with E-state index >= 15 is 0 Å². The van der Waals surface area contributed by atoms with Gasteiger partial charge in [-0.25, -0.2) is 18.6 Å². The van der Waals surface area contributed by atoms with Gasteiger partial charge in [0, 0.05) is 0 Å². The number of quaternary nitrogens is 1. The van der Waals surface area contributed by atoms with Crippen LogP contribution in [0.1, 0.15) is 11.8 Å². The normalized spacial score (nSPS) is 13.3. The van der Waals surface area contributed by atoms with Gasteiger partial charge >= 0.3 is 0 Å². The minimum absolute atomic E-state index is 0.222. The van der Waals surface area contributed by atoms with Crippen LogP contribution in [0.2, 0.25) is 0 Å². The number of rotatable bonds is 2. The highest BCUT2D eigenvalue weighted by Crippen LogP contribution is 2.22. The highest BCUT2D eigenvalue weighted by atomic mass is 35.7. The molecule has 0 saturated heterocycles. The molecule has 17 heavy (non-hydrogen) atoms. The van der Waals surface area contributed by atoms with E-state index < -0.39 is 10.2 Å². The van der Waals surface area contributed by atoms with Crippen molar-refractivity contribution < 1.29 is 37.8 Å². The smallest absolute Gasteiger partial charge is 0.234 e. The minimum Gasteiger partial charge on any atom is -0.462 e. The standard InChI is InChI=1S/C9H13N2O.ClHO4/c1-11(2,3)8(7-10)9-5-4-6-12-9;2-1(3,4)5/h4-6,8H,1-3H3;(H,2,3,4,5)/q+1;/p-1. The van der Waals surface area contributed by atoms with E-state index in [1.54, 1.807) is 12.3 Å². The van der Waals surface area contributed by atoms with Gasteiger partial charge in [-0.1, -0.05) is 0 Å². The van der Waals surface area contributed by atoms with Crippen LogP contribution in [0.15, 0.2) is 22.8 Å². The zero-order valence-electron chi connectivity index (χ0n) is 9.62. The second kappa shape index (κ2) is 5.97. The molecule has 0 aliphatic carbocycles. The SMILES string of the molecule is C[N+](C)(C)C(C#N)c1ccco1.[O-][Cl+3]([O-])([O-])[O-]. The number of hydrogen-bond acceptors (Lipinski definition) is 6. The van der Waals surface area contributed by atoms with Gasteiger partial charge in [-0.2, -0.15) is 5.26 Å².